The van der Waals surface area contributed by atoms with Crippen LogP contribution in [-0.4, -0.2) is 11.7 Å². The topological polar surface area (TPSA) is 69.0 Å². The molecule has 1 aromatic carbocycles. The zero-order chi connectivity index (χ0) is 10.4. The second-order valence-corrected chi connectivity index (χ2v) is 2.80. The van der Waals surface area contributed by atoms with E-state index in [4.69, 9.17) is 5.53 Å². The van der Waals surface area contributed by atoms with E-state index in [1.54, 1.807) is 18.2 Å². The molecule has 0 aliphatic rings. The number of azide groups is 1. The first-order valence-electron chi connectivity index (χ1n) is 4.19. The summed E-state index contributed by atoms with van der Waals surface area (Å²) in [5.41, 5.74) is 9.81. The van der Waals surface area contributed by atoms with Crippen molar-refractivity contribution in [3.63, 3.8) is 0 Å². The molecule has 1 aromatic rings. The molecule has 0 aliphatic heterocycles. The third-order valence-electron chi connectivity index (χ3n) is 1.87. The highest BCUT2D eigenvalue weighted by molar-refractivity contribution is 5.47. The quantitative estimate of drug-likeness (QED) is 0.441. The molecule has 0 fully saturated rings. The van der Waals surface area contributed by atoms with Gasteiger partial charge in [0.15, 0.2) is 0 Å². The van der Waals surface area contributed by atoms with Crippen molar-refractivity contribution in [2.45, 2.75) is 6.10 Å². The Kier molecular flexibility index (Phi) is 3.73. The number of rotatable bonds is 4. The van der Waals surface area contributed by atoms with Crippen molar-refractivity contribution in [3.8, 4) is 0 Å². The summed E-state index contributed by atoms with van der Waals surface area (Å²) in [6.07, 6.45) is 0.994. The zero-order valence-corrected chi connectivity index (χ0v) is 7.67. The fraction of sp³-hybridized carbons (Fsp3) is 0.200. The lowest BCUT2D eigenvalue weighted by Crippen LogP contribution is -2.00. The van der Waals surface area contributed by atoms with E-state index in [1.807, 2.05) is 12.1 Å². The fourth-order valence-corrected chi connectivity index (χ4v) is 1.07. The SMILES string of the molecule is C=Cc1ccc(C(O)CN=[N+]=[N-])cc1. The fourth-order valence-electron chi connectivity index (χ4n) is 1.07. The van der Waals surface area contributed by atoms with Crippen molar-refractivity contribution in [2.75, 3.05) is 6.54 Å². The molecule has 0 aliphatic carbocycles. The van der Waals surface area contributed by atoms with Crippen LogP contribution in [0.15, 0.2) is 36.0 Å². The maximum Gasteiger partial charge on any atom is 0.0846 e. The summed E-state index contributed by atoms with van der Waals surface area (Å²) >= 11 is 0. The summed E-state index contributed by atoms with van der Waals surface area (Å²) in [5.74, 6) is 0. The molecule has 0 spiro atoms. The predicted octanol–water partition coefficient (Wildman–Crippen LogP) is 2.67. The van der Waals surface area contributed by atoms with Crippen LogP contribution in [-0.2, 0) is 0 Å². The Labute approximate surface area is 82.1 Å². The lowest BCUT2D eigenvalue weighted by molar-refractivity contribution is 0.187. The summed E-state index contributed by atoms with van der Waals surface area (Å²) in [5, 5.41) is 12.8. The largest absolute Gasteiger partial charge is 0.388 e. The maximum atomic E-state index is 9.52. The van der Waals surface area contributed by atoms with E-state index in [2.05, 4.69) is 16.6 Å². The van der Waals surface area contributed by atoms with E-state index in [0.717, 1.165) is 11.1 Å². The molecule has 0 saturated heterocycles. The number of hydrogen-bond acceptors (Lipinski definition) is 2. The molecule has 1 unspecified atom stereocenters. The van der Waals surface area contributed by atoms with E-state index in [1.165, 1.54) is 0 Å². The molecule has 4 heteroatoms. The van der Waals surface area contributed by atoms with Gasteiger partial charge in [-0.1, -0.05) is 42.0 Å². The molecule has 72 valence electrons. The van der Waals surface area contributed by atoms with Gasteiger partial charge in [0, 0.05) is 4.91 Å². The third kappa shape index (κ3) is 2.62. The monoisotopic (exact) mass is 189 g/mol. The predicted molar refractivity (Wildman–Crippen MR) is 55.5 cm³/mol. The summed E-state index contributed by atoms with van der Waals surface area (Å²) in [4.78, 5) is 2.58. The Morgan fingerprint density at radius 3 is 2.64 bits per heavy atom. The number of benzene rings is 1. The molecule has 0 radical (unpaired) electrons. The first-order valence-corrected chi connectivity index (χ1v) is 4.19. The molecular formula is C10H11N3O. The highest BCUT2D eigenvalue weighted by Crippen LogP contribution is 2.14. The minimum Gasteiger partial charge on any atom is -0.388 e. The number of aliphatic hydroxyl groups is 1. The molecule has 0 aromatic heterocycles. The molecular weight excluding hydrogens is 178 g/mol. The second-order valence-electron chi connectivity index (χ2n) is 2.80. The van der Waals surface area contributed by atoms with Gasteiger partial charge in [-0.05, 0) is 16.7 Å². The molecule has 1 rings (SSSR count). The second kappa shape index (κ2) is 5.07. The van der Waals surface area contributed by atoms with E-state index in [0.29, 0.717) is 0 Å². The number of aliphatic hydroxyl groups excluding tert-OH is 1. The van der Waals surface area contributed by atoms with Crippen LogP contribution < -0.4 is 0 Å². The summed E-state index contributed by atoms with van der Waals surface area (Å²) < 4.78 is 0. The average molecular weight is 189 g/mol. The number of nitrogens with zero attached hydrogens (tertiary/aromatic N) is 3. The molecule has 14 heavy (non-hydrogen) atoms. The van der Waals surface area contributed by atoms with Gasteiger partial charge in [-0.3, -0.25) is 0 Å². The van der Waals surface area contributed by atoms with Crippen LogP contribution in [0.25, 0.3) is 16.5 Å². The van der Waals surface area contributed by atoms with Gasteiger partial charge < -0.3 is 5.11 Å². The van der Waals surface area contributed by atoms with E-state index in [-0.39, 0.29) is 6.54 Å². The van der Waals surface area contributed by atoms with Crippen molar-refractivity contribution in [1.82, 2.24) is 0 Å². The molecule has 0 bridgehead atoms. The van der Waals surface area contributed by atoms with Gasteiger partial charge in [-0.15, -0.1) is 0 Å². The minimum atomic E-state index is -0.732. The summed E-state index contributed by atoms with van der Waals surface area (Å²) in [7, 11) is 0. The Bertz CT molecular complexity index is 352. The van der Waals surface area contributed by atoms with Crippen molar-refractivity contribution < 1.29 is 5.11 Å². The smallest absolute Gasteiger partial charge is 0.0846 e. The Hall–Kier alpha value is -1.77. The van der Waals surface area contributed by atoms with Gasteiger partial charge >= 0.3 is 0 Å². The normalized spacial score (nSPS) is 11.5. The van der Waals surface area contributed by atoms with E-state index in [9.17, 15) is 5.11 Å². The first-order chi connectivity index (χ1) is 6.77. The van der Waals surface area contributed by atoms with Gasteiger partial charge in [0.25, 0.3) is 0 Å². The van der Waals surface area contributed by atoms with Gasteiger partial charge in [0.1, 0.15) is 0 Å². The van der Waals surface area contributed by atoms with Crippen LogP contribution in [0.5, 0.6) is 0 Å². The Morgan fingerprint density at radius 2 is 2.14 bits per heavy atom. The Morgan fingerprint density at radius 1 is 1.50 bits per heavy atom. The van der Waals surface area contributed by atoms with Crippen LogP contribution in [0.1, 0.15) is 17.2 Å². The average Bonchev–Trinajstić information content (AvgIpc) is 2.26. The zero-order valence-electron chi connectivity index (χ0n) is 7.67. The molecule has 4 nitrogen and oxygen atoms in total. The van der Waals surface area contributed by atoms with Crippen LogP contribution in [0.3, 0.4) is 0 Å². The van der Waals surface area contributed by atoms with Crippen LogP contribution in [0.4, 0.5) is 0 Å². The molecule has 0 saturated carbocycles. The van der Waals surface area contributed by atoms with Crippen LogP contribution in [0.2, 0.25) is 0 Å². The highest BCUT2D eigenvalue weighted by Gasteiger charge is 2.04. The maximum absolute atomic E-state index is 9.52. The number of hydrogen-bond donors (Lipinski definition) is 1. The lowest BCUT2D eigenvalue weighted by atomic mass is 10.1. The first kappa shape index (κ1) is 10.3. The molecule has 0 heterocycles. The van der Waals surface area contributed by atoms with Gasteiger partial charge in [0.2, 0.25) is 0 Å². The van der Waals surface area contributed by atoms with Crippen molar-refractivity contribution in [2.24, 2.45) is 5.11 Å². The standard InChI is InChI=1S/C10H11N3O/c1-2-8-3-5-9(6-4-8)10(14)7-12-13-11/h2-6,10,14H,1,7H2. The van der Waals surface area contributed by atoms with Crippen LogP contribution in [0, 0.1) is 0 Å². The lowest BCUT2D eigenvalue weighted by Gasteiger charge is -2.07. The molecule has 1 N–H and O–H groups in total. The van der Waals surface area contributed by atoms with Crippen molar-refractivity contribution >= 4 is 6.08 Å². The highest BCUT2D eigenvalue weighted by atomic mass is 16.3. The Balaban J connectivity index is 2.75. The van der Waals surface area contributed by atoms with Crippen molar-refractivity contribution in [3.05, 3.63) is 52.4 Å². The molecule has 0 amide bonds. The summed E-state index contributed by atoms with van der Waals surface area (Å²) in [6.45, 7) is 3.69. The summed E-state index contributed by atoms with van der Waals surface area (Å²) in [6, 6.07) is 7.27. The van der Waals surface area contributed by atoms with E-state index < -0.39 is 6.10 Å². The molecule has 1 atom stereocenters. The third-order valence-corrected chi connectivity index (χ3v) is 1.87. The van der Waals surface area contributed by atoms with Crippen molar-refractivity contribution in [1.29, 1.82) is 0 Å². The van der Waals surface area contributed by atoms with E-state index >= 15 is 0 Å². The van der Waals surface area contributed by atoms with Gasteiger partial charge in [0.05, 0.1) is 12.6 Å². The van der Waals surface area contributed by atoms with Gasteiger partial charge in [-0.25, -0.2) is 0 Å². The minimum absolute atomic E-state index is 0.0595. The van der Waals surface area contributed by atoms with Crippen LogP contribution >= 0.6 is 0 Å². The van der Waals surface area contributed by atoms with Gasteiger partial charge in [-0.2, -0.15) is 0 Å².